The molecule has 1 aliphatic rings. The Morgan fingerprint density at radius 2 is 1.97 bits per heavy atom. The van der Waals surface area contributed by atoms with E-state index in [1.165, 1.54) is 0 Å². The SMILES string of the molecule is Cc1ccc(C)c(N2C[C@@H](C(=O)OCC(=O)Nc3cccc(Cl)c3Cl)CC2=O)c1. The van der Waals surface area contributed by atoms with Crippen LogP contribution in [-0.4, -0.2) is 30.9 Å². The summed E-state index contributed by atoms with van der Waals surface area (Å²) in [5.74, 6) is -1.89. The Bertz CT molecular complexity index is 977. The lowest BCUT2D eigenvalue weighted by Gasteiger charge is -2.19. The average molecular weight is 435 g/mol. The topological polar surface area (TPSA) is 75.7 Å². The molecule has 0 aromatic heterocycles. The summed E-state index contributed by atoms with van der Waals surface area (Å²) in [6.07, 6.45) is 0.0496. The van der Waals surface area contributed by atoms with Crippen LogP contribution in [0.5, 0.6) is 0 Å². The number of aryl methyl sites for hydroxylation is 2. The molecular formula is C21H20Cl2N2O4. The van der Waals surface area contributed by atoms with Crippen molar-refractivity contribution in [2.45, 2.75) is 20.3 Å². The van der Waals surface area contributed by atoms with Crippen molar-refractivity contribution in [1.29, 1.82) is 0 Å². The molecule has 2 amide bonds. The van der Waals surface area contributed by atoms with Crippen LogP contribution in [0.1, 0.15) is 17.5 Å². The van der Waals surface area contributed by atoms with Gasteiger partial charge in [0.15, 0.2) is 6.61 Å². The fourth-order valence-electron chi connectivity index (χ4n) is 3.15. The second-order valence-electron chi connectivity index (χ2n) is 6.95. The number of carbonyl (C=O) groups excluding carboxylic acids is 3. The maximum Gasteiger partial charge on any atom is 0.311 e. The molecule has 6 nitrogen and oxygen atoms in total. The second-order valence-corrected chi connectivity index (χ2v) is 7.74. The number of esters is 1. The standard InChI is InChI=1S/C21H20Cl2N2O4/c1-12-6-7-13(2)17(8-12)25-10-14(9-19(25)27)21(28)29-11-18(26)24-16-5-3-4-15(22)20(16)23/h3-8,14H,9-11H2,1-2H3,(H,24,26)/t14-/m0/s1. The number of nitrogens with zero attached hydrogens (tertiary/aromatic N) is 1. The molecule has 0 bridgehead atoms. The monoisotopic (exact) mass is 434 g/mol. The smallest absolute Gasteiger partial charge is 0.311 e. The molecule has 29 heavy (non-hydrogen) atoms. The van der Waals surface area contributed by atoms with Crippen LogP contribution < -0.4 is 10.2 Å². The van der Waals surface area contributed by atoms with E-state index in [9.17, 15) is 14.4 Å². The van der Waals surface area contributed by atoms with Gasteiger partial charge in [-0.2, -0.15) is 0 Å². The molecule has 0 saturated carbocycles. The molecule has 0 unspecified atom stereocenters. The van der Waals surface area contributed by atoms with E-state index in [-0.39, 0.29) is 23.9 Å². The zero-order valence-corrected chi connectivity index (χ0v) is 17.5. The van der Waals surface area contributed by atoms with Crippen molar-refractivity contribution in [1.82, 2.24) is 0 Å². The molecule has 0 aliphatic carbocycles. The van der Waals surface area contributed by atoms with E-state index in [1.54, 1.807) is 23.1 Å². The predicted molar refractivity (Wildman–Crippen MR) is 112 cm³/mol. The van der Waals surface area contributed by atoms with Gasteiger partial charge in [0.2, 0.25) is 5.91 Å². The van der Waals surface area contributed by atoms with Gasteiger partial charge in [0.25, 0.3) is 5.91 Å². The van der Waals surface area contributed by atoms with Crippen LogP contribution in [0.2, 0.25) is 10.0 Å². The van der Waals surface area contributed by atoms with Gasteiger partial charge in [0, 0.05) is 18.7 Å². The van der Waals surface area contributed by atoms with Crippen LogP contribution in [0.3, 0.4) is 0 Å². The fraction of sp³-hybridized carbons (Fsp3) is 0.286. The molecule has 1 saturated heterocycles. The summed E-state index contributed by atoms with van der Waals surface area (Å²) in [4.78, 5) is 38.4. The Kier molecular flexibility index (Phi) is 6.45. The summed E-state index contributed by atoms with van der Waals surface area (Å²) in [5.41, 5.74) is 3.10. The average Bonchev–Trinajstić information content (AvgIpc) is 3.07. The van der Waals surface area contributed by atoms with Gasteiger partial charge in [-0.1, -0.05) is 41.4 Å². The number of benzene rings is 2. The summed E-state index contributed by atoms with van der Waals surface area (Å²) in [6, 6.07) is 10.7. The van der Waals surface area contributed by atoms with Gasteiger partial charge in [-0.3, -0.25) is 14.4 Å². The van der Waals surface area contributed by atoms with E-state index < -0.39 is 24.4 Å². The van der Waals surface area contributed by atoms with Gasteiger partial charge >= 0.3 is 5.97 Å². The molecule has 3 rings (SSSR count). The number of carbonyl (C=O) groups is 3. The van der Waals surface area contributed by atoms with E-state index in [2.05, 4.69) is 5.32 Å². The molecule has 1 fully saturated rings. The first-order valence-corrected chi connectivity index (χ1v) is 9.80. The van der Waals surface area contributed by atoms with Crippen molar-refractivity contribution in [2.75, 3.05) is 23.4 Å². The molecule has 1 heterocycles. The maximum absolute atomic E-state index is 12.4. The fourth-order valence-corrected chi connectivity index (χ4v) is 3.50. The minimum Gasteiger partial charge on any atom is -0.455 e. The highest BCUT2D eigenvalue weighted by atomic mass is 35.5. The van der Waals surface area contributed by atoms with Crippen LogP contribution >= 0.6 is 23.2 Å². The lowest BCUT2D eigenvalue weighted by atomic mass is 10.1. The van der Waals surface area contributed by atoms with Crippen LogP contribution in [-0.2, 0) is 19.1 Å². The molecule has 2 aromatic rings. The van der Waals surface area contributed by atoms with Gasteiger partial charge in [-0.25, -0.2) is 0 Å². The van der Waals surface area contributed by atoms with Crippen molar-refractivity contribution < 1.29 is 19.1 Å². The Hall–Kier alpha value is -2.57. The van der Waals surface area contributed by atoms with Crippen molar-refractivity contribution >= 4 is 52.4 Å². The first kappa shape index (κ1) is 21.1. The van der Waals surface area contributed by atoms with E-state index >= 15 is 0 Å². The molecule has 0 radical (unpaired) electrons. The summed E-state index contributed by atoms with van der Waals surface area (Å²) >= 11 is 11.9. The normalized spacial score (nSPS) is 16.1. The lowest BCUT2D eigenvalue weighted by molar-refractivity contribution is -0.151. The number of halogens is 2. The molecule has 2 aromatic carbocycles. The molecule has 152 valence electrons. The molecular weight excluding hydrogens is 415 g/mol. The number of hydrogen-bond acceptors (Lipinski definition) is 4. The number of hydrogen-bond donors (Lipinski definition) is 1. The van der Waals surface area contributed by atoms with E-state index in [4.69, 9.17) is 27.9 Å². The van der Waals surface area contributed by atoms with Gasteiger partial charge in [0.1, 0.15) is 0 Å². The highest BCUT2D eigenvalue weighted by Crippen LogP contribution is 2.30. The summed E-state index contributed by atoms with van der Waals surface area (Å²) < 4.78 is 5.11. The molecule has 8 heteroatoms. The minimum absolute atomic E-state index is 0.0496. The van der Waals surface area contributed by atoms with Crippen LogP contribution in [0.25, 0.3) is 0 Å². The number of nitrogens with one attached hydrogen (secondary N) is 1. The molecule has 1 atom stereocenters. The Balaban J connectivity index is 1.57. The lowest BCUT2D eigenvalue weighted by Crippen LogP contribution is -2.28. The Morgan fingerprint density at radius 3 is 2.72 bits per heavy atom. The predicted octanol–water partition coefficient (Wildman–Crippen LogP) is 4.15. The van der Waals surface area contributed by atoms with Crippen LogP contribution in [0.15, 0.2) is 36.4 Å². The third-order valence-corrected chi connectivity index (χ3v) is 5.50. The van der Waals surface area contributed by atoms with Crippen molar-refractivity contribution in [3.8, 4) is 0 Å². The van der Waals surface area contributed by atoms with E-state index in [1.807, 2.05) is 32.0 Å². The number of amides is 2. The molecule has 0 spiro atoms. The second kappa shape index (κ2) is 8.84. The summed E-state index contributed by atoms with van der Waals surface area (Å²) in [5, 5.41) is 3.06. The Morgan fingerprint density at radius 1 is 1.21 bits per heavy atom. The van der Waals surface area contributed by atoms with Crippen LogP contribution in [0.4, 0.5) is 11.4 Å². The van der Waals surface area contributed by atoms with E-state index in [0.29, 0.717) is 10.7 Å². The number of anilines is 2. The molecule has 1 N–H and O–H groups in total. The maximum atomic E-state index is 12.4. The highest BCUT2D eigenvalue weighted by molar-refractivity contribution is 6.44. The summed E-state index contributed by atoms with van der Waals surface area (Å²) in [7, 11) is 0. The third-order valence-electron chi connectivity index (χ3n) is 4.69. The van der Waals surface area contributed by atoms with Crippen LogP contribution in [0, 0.1) is 19.8 Å². The van der Waals surface area contributed by atoms with E-state index in [0.717, 1.165) is 16.8 Å². The number of rotatable bonds is 5. The van der Waals surface area contributed by atoms with Gasteiger partial charge in [0.05, 0.1) is 21.7 Å². The van der Waals surface area contributed by atoms with Crippen molar-refractivity contribution in [3.05, 3.63) is 57.6 Å². The zero-order chi connectivity index (χ0) is 21.1. The highest BCUT2D eigenvalue weighted by Gasteiger charge is 2.36. The number of ether oxygens (including phenoxy) is 1. The minimum atomic E-state index is -0.620. The third kappa shape index (κ3) is 4.89. The summed E-state index contributed by atoms with van der Waals surface area (Å²) in [6.45, 7) is 3.61. The van der Waals surface area contributed by atoms with Crippen molar-refractivity contribution in [3.63, 3.8) is 0 Å². The van der Waals surface area contributed by atoms with Gasteiger partial charge in [-0.15, -0.1) is 0 Å². The molecule has 1 aliphatic heterocycles. The first-order chi connectivity index (χ1) is 13.8. The quantitative estimate of drug-likeness (QED) is 0.717. The first-order valence-electron chi connectivity index (χ1n) is 9.04. The zero-order valence-electron chi connectivity index (χ0n) is 16.0. The largest absolute Gasteiger partial charge is 0.455 e. The van der Waals surface area contributed by atoms with Gasteiger partial charge < -0.3 is 15.0 Å². The Labute approximate surface area is 178 Å². The van der Waals surface area contributed by atoms with Gasteiger partial charge in [-0.05, 0) is 43.2 Å². The van der Waals surface area contributed by atoms with Crippen molar-refractivity contribution in [2.24, 2.45) is 5.92 Å².